The van der Waals surface area contributed by atoms with E-state index in [1.165, 1.54) is 25.4 Å². The lowest BCUT2D eigenvalue weighted by Gasteiger charge is -2.09. The number of amides is 1. The summed E-state index contributed by atoms with van der Waals surface area (Å²) >= 11 is 1.41. The Hall–Kier alpha value is -2.15. The number of nitrogens with one attached hydrogen (secondary N) is 1. The van der Waals surface area contributed by atoms with Crippen molar-refractivity contribution in [2.75, 3.05) is 19.0 Å². The normalized spacial score (nSPS) is 10.4. The number of ketones is 1. The molecule has 1 aromatic heterocycles. The van der Waals surface area contributed by atoms with Gasteiger partial charge in [-0.3, -0.25) is 9.59 Å². The molecule has 0 fully saturated rings. The van der Waals surface area contributed by atoms with Crippen molar-refractivity contribution in [1.82, 2.24) is 4.98 Å². The highest BCUT2D eigenvalue weighted by molar-refractivity contribution is 7.20. The molecule has 0 aliphatic rings. The number of fused-ring (bicyclic) bond motifs is 1. The predicted octanol–water partition coefficient (Wildman–Crippen LogP) is 2.62. The maximum atomic E-state index is 11.7. The van der Waals surface area contributed by atoms with Gasteiger partial charge in [0, 0.05) is 6.07 Å². The minimum absolute atomic E-state index is 0.164. The van der Waals surface area contributed by atoms with E-state index >= 15 is 0 Å². The number of methoxy groups -OCH3 is 1. The van der Waals surface area contributed by atoms with Crippen molar-refractivity contribution in [2.24, 2.45) is 0 Å². The van der Waals surface area contributed by atoms with E-state index in [-0.39, 0.29) is 18.1 Å². The van der Waals surface area contributed by atoms with Crippen molar-refractivity contribution in [3.05, 3.63) is 12.1 Å². The fourth-order valence-electron chi connectivity index (χ4n) is 1.81. The van der Waals surface area contributed by atoms with E-state index in [0.717, 1.165) is 4.70 Å². The number of Topliss-reactive ketones (excluding diaryl/α,β-unsaturated/α-hetero) is 1. The highest BCUT2D eigenvalue weighted by Gasteiger charge is 2.13. The van der Waals surface area contributed by atoms with Crippen LogP contribution >= 0.6 is 11.3 Å². The first-order chi connectivity index (χ1) is 10.0. The number of carbonyl (C=O) groups is 2. The predicted molar refractivity (Wildman–Crippen MR) is 81.3 cm³/mol. The number of carbonyl (C=O) groups excluding carboxylic acids is 2. The van der Waals surface area contributed by atoms with Gasteiger partial charge in [0.15, 0.2) is 0 Å². The topological polar surface area (TPSA) is 77.5 Å². The molecule has 21 heavy (non-hydrogen) atoms. The highest BCUT2D eigenvalue weighted by Crippen LogP contribution is 2.35. The minimum atomic E-state index is -0.375. The molecule has 7 heteroatoms. The largest absolute Gasteiger partial charge is 0.495 e. The molecule has 0 saturated carbocycles. The zero-order valence-electron chi connectivity index (χ0n) is 12.1. The maximum absolute atomic E-state index is 11.7. The lowest BCUT2D eigenvalue weighted by atomic mass is 10.2. The number of benzene rings is 1. The zero-order valence-corrected chi connectivity index (χ0v) is 12.9. The number of ether oxygens (including phenoxy) is 2. The van der Waals surface area contributed by atoms with E-state index < -0.39 is 0 Å². The van der Waals surface area contributed by atoms with Gasteiger partial charge in [0.1, 0.15) is 11.5 Å². The number of hydrogen-bond donors (Lipinski definition) is 1. The van der Waals surface area contributed by atoms with Crippen LogP contribution < -0.4 is 14.8 Å². The molecular weight excluding hydrogens is 292 g/mol. The van der Waals surface area contributed by atoms with E-state index in [2.05, 4.69) is 10.3 Å². The molecule has 2 aromatic rings. The van der Waals surface area contributed by atoms with Gasteiger partial charge in [0.25, 0.3) is 5.19 Å². The van der Waals surface area contributed by atoms with Crippen LogP contribution in [-0.4, -0.2) is 30.4 Å². The molecule has 0 radical (unpaired) electrons. The average molecular weight is 308 g/mol. The summed E-state index contributed by atoms with van der Waals surface area (Å²) in [6.45, 7) is 3.80. The van der Waals surface area contributed by atoms with E-state index in [9.17, 15) is 9.59 Å². The maximum Gasteiger partial charge on any atom is 0.274 e. The summed E-state index contributed by atoms with van der Waals surface area (Å²) in [5, 5.41) is 3.24. The van der Waals surface area contributed by atoms with Gasteiger partial charge in [-0.05, 0) is 19.9 Å². The molecule has 1 aromatic carbocycles. The van der Waals surface area contributed by atoms with Crippen molar-refractivity contribution >= 4 is 38.9 Å². The van der Waals surface area contributed by atoms with Gasteiger partial charge >= 0.3 is 0 Å². The molecule has 6 nitrogen and oxygen atoms in total. The number of rotatable bonds is 6. The van der Waals surface area contributed by atoms with E-state index in [1.54, 1.807) is 12.1 Å². The second-order valence-electron chi connectivity index (χ2n) is 4.36. The fraction of sp³-hybridized carbons (Fsp3) is 0.357. The van der Waals surface area contributed by atoms with E-state index in [1.807, 2.05) is 6.92 Å². The molecule has 0 atom stereocenters. The van der Waals surface area contributed by atoms with Crippen molar-refractivity contribution in [3.8, 4) is 10.9 Å². The molecule has 112 valence electrons. The number of thiazole rings is 1. The van der Waals surface area contributed by atoms with Crippen LogP contribution in [0.15, 0.2) is 12.1 Å². The molecule has 0 aliphatic heterocycles. The Kier molecular flexibility index (Phi) is 4.74. The van der Waals surface area contributed by atoms with Crippen LogP contribution in [0.5, 0.6) is 10.9 Å². The smallest absolute Gasteiger partial charge is 0.274 e. The molecule has 1 heterocycles. The van der Waals surface area contributed by atoms with Gasteiger partial charge in [0.2, 0.25) is 5.91 Å². The third-order valence-electron chi connectivity index (χ3n) is 2.64. The zero-order chi connectivity index (χ0) is 15.4. The van der Waals surface area contributed by atoms with Gasteiger partial charge in [-0.2, -0.15) is 0 Å². The summed E-state index contributed by atoms with van der Waals surface area (Å²) in [5.74, 6) is -0.0497. The van der Waals surface area contributed by atoms with Crippen LogP contribution in [0.3, 0.4) is 0 Å². The molecule has 1 amide bonds. The first kappa shape index (κ1) is 15.2. The average Bonchev–Trinajstić information content (AvgIpc) is 2.78. The van der Waals surface area contributed by atoms with Crippen molar-refractivity contribution in [3.63, 3.8) is 0 Å². The minimum Gasteiger partial charge on any atom is -0.495 e. The van der Waals surface area contributed by atoms with Crippen LogP contribution in [0.25, 0.3) is 10.2 Å². The van der Waals surface area contributed by atoms with Crippen LogP contribution in [0.2, 0.25) is 0 Å². The quantitative estimate of drug-likeness (QED) is 0.830. The van der Waals surface area contributed by atoms with E-state index in [0.29, 0.717) is 28.8 Å². The number of nitrogens with zero attached hydrogens (tertiary/aromatic N) is 1. The third-order valence-corrected chi connectivity index (χ3v) is 3.57. The molecule has 0 bridgehead atoms. The summed E-state index contributed by atoms with van der Waals surface area (Å²) < 4.78 is 11.5. The highest BCUT2D eigenvalue weighted by atomic mass is 32.1. The summed E-state index contributed by atoms with van der Waals surface area (Å²) in [4.78, 5) is 27.0. The summed E-state index contributed by atoms with van der Waals surface area (Å²) in [6.07, 6.45) is -0.164. The molecular formula is C14H16N2O4S. The van der Waals surface area contributed by atoms with Crippen molar-refractivity contribution < 1.29 is 19.1 Å². The lowest BCUT2D eigenvalue weighted by Crippen LogP contribution is -2.15. The Morgan fingerprint density at radius 2 is 2.14 bits per heavy atom. The Labute approximate surface area is 126 Å². The number of hydrogen-bond acceptors (Lipinski definition) is 6. The molecule has 2 rings (SSSR count). The second kappa shape index (κ2) is 6.53. The first-order valence-electron chi connectivity index (χ1n) is 6.44. The Balaban J connectivity index is 2.33. The third kappa shape index (κ3) is 3.69. The lowest BCUT2D eigenvalue weighted by molar-refractivity contribution is -0.124. The molecule has 0 saturated heterocycles. The number of aromatic nitrogens is 1. The first-order valence-corrected chi connectivity index (χ1v) is 7.25. The van der Waals surface area contributed by atoms with Gasteiger partial charge in [-0.1, -0.05) is 11.3 Å². The van der Waals surface area contributed by atoms with Gasteiger partial charge in [-0.25, -0.2) is 4.98 Å². The fourth-order valence-corrected chi connectivity index (χ4v) is 2.69. The number of anilines is 1. The van der Waals surface area contributed by atoms with Gasteiger partial charge < -0.3 is 14.8 Å². The molecule has 0 unspecified atom stereocenters. The van der Waals surface area contributed by atoms with Crippen LogP contribution in [0, 0.1) is 0 Å². The molecule has 0 spiro atoms. The standard InChI is InChI=1S/C14H16N2O4S/c1-4-20-14-16-10-6-9(15-13(18)5-8(2)17)11(19-3)7-12(10)21-14/h6-7H,4-5H2,1-3H3,(H,15,18). The van der Waals surface area contributed by atoms with Crippen LogP contribution in [0.4, 0.5) is 5.69 Å². The Morgan fingerprint density at radius 3 is 2.76 bits per heavy atom. The summed E-state index contributed by atoms with van der Waals surface area (Å²) in [6, 6.07) is 3.50. The summed E-state index contributed by atoms with van der Waals surface area (Å²) in [5.41, 5.74) is 1.20. The van der Waals surface area contributed by atoms with Gasteiger partial charge in [-0.15, -0.1) is 0 Å². The van der Waals surface area contributed by atoms with Crippen LogP contribution in [0.1, 0.15) is 20.3 Å². The van der Waals surface area contributed by atoms with Crippen molar-refractivity contribution in [2.45, 2.75) is 20.3 Å². The summed E-state index contributed by atoms with van der Waals surface area (Å²) in [7, 11) is 1.52. The van der Waals surface area contributed by atoms with Gasteiger partial charge in [0.05, 0.1) is 36.0 Å². The van der Waals surface area contributed by atoms with E-state index in [4.69, 9.17) is 9.47 Å². The SMILES string of the molecule is CCOc1nc2cc(NC(=O)CC(C)=O)c(OC)cc2s1. The second-order valence-corrected chi connectivity index (χ2v) is 5.35. The van der Waals surface area contributed by atoms with Crippen molar-refractivity contribution in [1.29, 1.82) is 0 Å². The molecule has 0 aliphatic carbocycles. The van der Waals surface area contributed by atoms with Crippen LogP contribution in [-0.2, 0) is 9.59 Å². The Morgan fingerprint density at radius 1 is 1.38 bits per heavy atom. The monoisotopic (exact) mass is 308 g/mol. The molecule has 1 N–H and O–H groups in total. The Bertz CT molecular complexity index is 681.